The van der Waals surface area contributed by atoms with Gasteiger partial charge in [0.05, 0.1) is 38.1 Å². The van der Waals surface area contributed by atoms with Gasteiger partial charge < -0.3 is 14.8 Å². The zero-order chi connectivity index (χ0) is 27.0. The van der Waals surface area contributed by atoms with Gasteiger partial charge in [-0.3, -0.25) is 14.5 Å². The molecule has 0 radical (unpaired) electrons. The van der Waals surface area contributed by atoms with Crippen molar-refractivity contribution in [1.82, 2.24) is 0 Å². The number of fused-ring (bicyclic) bond motifs is 1. The third-order valence-corrected chi connectivity index (χ3v) is 7.41. The summed E-state index contributed by atoms with van der Waals surface area (Å²) in [6.45, 7) is 4.20. The van der Waals surface area contributed by atoms with Crippen LogP contribution in [0.15, 0.2) is 78.0 Å². The number of nitrogens with zero attached hydrogens (tertiary/aromatic N) is 1. The number of hydrogen-bond donors (Lipinski definition) is 1. The third kappa shape index (κ3) is 4.88. The maximum Gasteiger partial charge on any atom is 0.232 e. The molecule has 1 heterocycles. The predicted octanol–water partition coefficient (Wildman–Crippen LogP) is 6.74. The first-order chi connectivity index (χ1) is 18.2. The fraction of sp³-hybridized carbons (Fsp3) is 0.290. The molecule has 196 valence electrons. The zero-order valence-electron chi connectivity index (χ0n) is 22.0. The van der Waals surface area contributed by atoms with Crippen LogP contribution in [0.5, 0.6) is 11.5 Å². The summed E-state index contributed by atoms with van der Waals surface area (Å²) in [6, 6.07) is 19.9. The highest BCUT2D eigenvalue weighted by atomic mass is 35.5. The first-order valence-corrected chi connectivity index (χ1v) is 13.0. The molecule has 2 aliphatic rings. The summed E-state index contributed by atoms with van der Waals surface area (Å²) in [5.74, 6) is 1.01. The SMILES string of the molecule is COc1ccc([C@@H]2C3=C(CC(C)(C)CC3=O)Nc3ccccc3N2C(=O)Cc2ccc(Cl)cc2)cc1OC. The lowest BCUT2D eigenvalue weighted by Gasteiger charge is -2.37. The van der Waals surface area contributed by atoms with E-state index in [1.807, 2.05) is 54.6 Å². The molecular weight excluding hydrogens is 500 g/mol. The van der Waals surface area contributed by atoms with Crippen LogP contribution >= 0.6 is 11.6 Å². The van der Waals surface area contributed by atoms with E-state index < -0.39 is 6.04 Å². The molecule has 0 saturated heterocycles. The average molecular weight is 531 g/mol. The second-order valence-corrected chi connectivity index (χ2v) is 11.0. The molecule has 5 rings (SSSR count). The highest BCUT2D eigenvalue weighted by Gasteiger charge is 2.43. The van der Waals surface area contributed by atoms with Crippen LogP contribution in [0.2, 0.25) is 5.02 Å². The van der Waals surface area contributed by atoms with Crippen molar-refractivity contribution in [1.29, 1.82) is 0 Å². The normalized spacial score (nSPS) is 18.2. The standard InChI is InChI=1S/C31H31ClN2O4/c1-31(2)17-23-29(25(35)18-31)30(20-11-14-26(37-3)27(16-20)38-4)34(24-8-6-5-7-22(24)33-23)28(36)15-19-9-12-21(32)13-10-19/h5-14,16,30,33H,15,17-18H2,1-4H3/t30-/m1/s1. The number of carbonyl (C=O) groups is 2. The molecule has 3 aromatic rings. The van der Waals surface area contributed by atoms with Crippen LogP contribution in [-0.2, 0) is 16.0 Å². The second kappa shape index (κ2) is 10.2. The number of ether oxygens (including phenoxy) is 2. The van der Waals surface area contributed by atoms with Crippen LogP contribution in [0.3, 0.4) is 0 Å². The number of amides is 1. The van der Waals surface area contributed by atoms with Crippen LogP contribution in [0, 0.1) is 5.41 Å². The minimum Gasteiger partial charge on any atom is -0.493 e. The van der Waals surface area contributed by atoms with Crippen LogP contribution in [0.1, 0.15) is 43.9 Å². The molecule has 1 N–H and O–H groups in total. The summed E-state index contributed by atoms with van der Waals surface area (Å²) in [5.41, 5.74) is 4.36. The molecule has 7 heteroatoms. The maximum atomic E-state index is 14.2. The van der Waals surface area contributed by atoms with Crippen molar-refractivity contribution in [2.75, 3.05) is 24.4 Å². The summed E-state index contributed by atoms with van der Waals surface area (Å²) in [5, 5.41) is 4.16. The number of Topliss-reactive ketones (excluding diaryl/α,β-unsaturated/α-hetero) is 1. The van der Waals surface area contributed by atoms with Gasteiger partial charge in [0.2, 0.25) is 5.91 Å². The topological polar surface area (TPSA) is 67.9 Å². The summed E-state index contributed by atoms with van der Waals surface area (Å²) >= 11 is 6.09. The van der Waals surface area contributed by atoms with Crippen LogP contribution in [0.25, 0.3) is 0 Å². The monoisotopic (exact) mass is 530 g/mol. The summed E-state index contributed by atoms with van der Waals surface area (Å²) in [6.07, 6.45) is 1.23. The summed E-state index contributed by atoms with van der Waals surface area (Å²) in [4.78, 5) is 29.8. The molecular formula is C31H31ClN2O4. The molecule has 3 aromatic carbocycles. The van der Waals surface area contributed by atoms with E-state index in [0.717, 1.165) is 22.5 Å². The van der Waals surface area contributed by atoms with Crippen LogP contribution < -0.4 is 19.7 Å². The molecule has 6 nitrogen and oxygen atoms in total. The van der Waals surface area contributed by atoms with E-state index in [4.69, 9.17) is 21.1 Å². The molecule has 0 unspecified atom stereocenters. The third-order valence-electron chi connectivity index (χ3n) is 7.16. The van der Waals surface area contributed by atoms with E-state index >= 15 is 0 Å². The molecule has 0 aromatic heterocycles. The lowest BCUT2D eigenvalue weighted by atomic mass is 9.73. The lowest BCUT2D eigenvalue weighted by molar-refractivity contribution is -0.119. The molecule has 0 fully saturated rings. The number of methoxy groups -OCH3 is 2. The van der Waals surface area contributed by atoms with Gasteiger partial charge in [0, 0.05) is 22.7 Å². The fourth-order valence-electron chi connectivity index (χ4n) is 5.46. The first-order valence-electron chi connectivity index (χ1n) is 12.6. The summed E-state index contributed by atoms with van der Waals surface area (Å²) < 4.78 is 11.1. The Bertz CT molecular complexity index is 1430. The van der Waals surface area contributed by atoms with Gasteiger partial charge >= 0.3 is 0 Å². The van der Waals surface area contributed by atoms with Gasteiger partial charge in [-0.15, -0.1) is 0 Å². The van der Waals surface area contributed by atoms with Crippen molar-refractivity contribution in [3.8, 4) is 11.5 Å². The van der Waals surface area contributed by atoms with E-state index in [1.54, 1.807) is 31.3 Å². The number of benzene rings is 3. The van der Waals surface area contributed by atoms with Crippen molar-refractivity contribution in [2.24, 2.45) is 5.41 Å². The van der Waals surface area contributed by atoms with Crippen molar-refractivity contribution in [3.63, 3.8) is 0 Å². The van der Waals surface area contributed by atoms with E-state index in [1.165, 1.54) is 0 Å². The first kappa shape index (κ1) is 25.9. The highest BCUT2D eigenvalue weighted by Crippen LogP contribution is 2.49. The van der Waals surface area contributed by atoms with E-state index in [-0.39, 0.29) is 23.5 Å². The Labute approximate surface area is 228 Å². The van der Waals surface area contributed by atoms with Gasteiger partial charge in [0.25, 0.3) is 0 Å². The van der Waals surface area contributed by atoms with Crippen molar-refractivity contribution >= 4 is 34.7 Å². The number of halogens is 1. The van der Waals surface area contributed by atoms with Crippen LogP contribution in [0.4, 0.5) is 11.4 Å². The smallest absolute Gasteiger partial charge is 0.232 e. The number of carbonyl (C=O) groups excluding carboxylic acids is 2. The Morgan fingerprint density at radius 1 is 1.00 bits per heavy atom. The van der Waals surface area contributed by atoms with Gasteiger partial charge in [-0.1, -0.05) is 55.8 Å². The Hall–Kier alpha value is -3.77. The molecule has 38 heavy (non-hydrogen) atoms. The Morgan fingerprint density at radius 2 is 1.71 bits per heavy atom. The Balaban J connectivity index is 1.73. The van der Waals surface area contributed by atoms with E-state index in [2.05, 4.69) is 19.2 Å². The highest BCUT2D eigenvalue weighted by molar-refractivity contribution is 6.30. The predicted molar refractivity (Wildman–Crippen MR) is 150 cm³/mol. The van der Waals surface area contributed by atoms with Gasteiger partial charge in [-0.25, -0.2) is 0 Å². The molecule has 0 bridgehead atoms. The minimum absolute atomic E-state index is 0.0284. The number of allylic oxidation sites excluding steroid dienone is 1. The van der Waals surface area contributed by atoms with Crippen molar-refractivity contribution in [3.05, 3.63) is 94.1 Å². The number of ketones is 1. The van der Waals surface area contributed by atoms with Gasteiger partial charge in [-0.05, 0) is 59.4 Å². The largest absolute Gasteiger partial charge is 0.493 e. The van der Waals surface area contributed by atoms with Gasteiger partial charge in [0.15, 0.2) is 17.3 Å². The number of nitrogens with one attached hydrogen (secondary N) is 1. The maximum absolute atomic E-state index is 14.2. The fourth-order valence-corrected chi connectivity index (χ4v) is 5.59. The van der Waals surface area contributed by atoms with Crippen molar-refractivity contribution in [2.45, 2.75) is 39.2 Å². The van der Waals surface area contributed by atoms with Gasteiger partial charge in [-0.2, -0.15) is 0 Å². The lowest BCUT2D eigenvalue weighted by Crippen LogP contribution is -2.40. The quantitative estimate of drug-likeness (QED) is 0.395. The number of rotatable bonds is 5. The number of anilines is 2. The Kier molecular flexibility index (Phi) is 6.93. The molecule has 1 amide bonds. The number of hydrogen-bond acceptors (Lipinski definition) is 5. The molecule has 1 aliphatic heterocycles. The number of para-hydroxylation sites is 2. The van der Waals surface area contributed by atoms with E-state index in [0.29, 0.717) is 40.6 Å². The Morgan fingerprint density at radius 3 is 2.42 bits per heavy atom. The second-order valence-electron chi connectivity index (χ2n) is 10.6. The van der Waals surface area contributed by atoms with Crippen molar-refractivity contribution < 1.29 is 19.1 Å². The molecule has 0 saturated carbocycles. The zero-order valence-corrected chi connectivity index (χ0v) is 22.8. The molecule has 1 aliphatic carbocycles. The van der Waals surface area contributed by atoms with Gasteiger partial charge in [0.1, 0.15) is 0 Å². The molecule has 1 atom stereocenters. The summed E-state index contributed by atoms with van der Waals surface area (Å²) in [7, 11) is 3.16. The molecule has 0 spiro atoms. The average Bonchev–Trinajstić information content (AvgIpc) is 3.03. The van der Waals surface area contributed by atoms with Crippen LogP contribution in [-0.4, -0.2) is 25.9 Å². The minimum atomic E-state index is -0.649. The van der Waals surface area contributed by atoms with E-state index in [9.17, 15) is 9.59 Å².